The van der Waals surface area contributed by atoms with Crippen molar-refractivity contribution in [3.8, 4) is 0 Å². The topological polar surface area (TPSA) is 0 Å². The fraction of sp³-hybridized carbons (Fsp3) is 0.500. The molecule has 3 saturated carbocycles. The molecule has 18 heavy (non-hydrogen) atoms. The molecule has 6 heteroatoms. The van der Waals surface area contributed by atoms with Crippen molar-refractivity contribution < 1.29 is 68.7 Å². The van der Waals surface area contributed by atoms with Crippen molar-refractivity contribution in [3.05, 3.63) is 35.1 Å². The number of halogens is 4. The van der Waals surface area contributed by atoms with Gasteiger partial charge in [0.15, 0.2) is 0 Å². The van der Waals surface area contributed by atoms with Crippen LogP contribution in [0.4, 0.5) is 17.3 Å². The van der Waals surface area contributed by atoms with Gasteiger partial charge in [-0.25, -0.2) is 4.39 Å². The second kappa shape index (κ2) is 4.32. The van der Waals surface area contributed by atoms with E-state index in [9.17, 15) is 17.3 Å². The van der Waals surface area contributed by atoms with Crippen LogP contribution in [-0.4, -0.2) is 6.98 Å². The number of hydrogen-bond acceptors (Lipinski definition) is 0. The van der Waals surface area contributed by atoms with E-state index in [-0.39, 0.29) is 81.9 Å². The molecule has 1 aromatic rings. The second-order valence-corrected chi connectivity index (χ2v) is 5.71. The maximum absolute atomic E-state index is 13.4. The van der Waals surface area contributed by atoms with Gasteiger partial charge in [-0.3, -0.25) is 0 Å². The minimum absolute atomic E-state index is 0. The van der Waals surface area contributed by atoms with Crippen LogP contribution in [0.5, 0.6) is 0 Å². The molecule has 3 aliphatic carbocycles. The van der Waals surface area contributed by atoms with Crippen LogP contribution in [0.2, 0.25) is 5.31 Å². The van der Waals surface area contributed by atoms with E-state index < -0.39 is 12.3 Å². The van der Waals surface area contributed by atoms with Gasteiger partial charge < -0.3 is 12.9 Å². The molecule has 2 bridgehead atoms. The van der Waals surface area contributed by atoms with E-state index in [0.717, 1.165) is 5.56 Å². The number of benzene rings is 1. The minimum atomic E-state index is -4.74. The summed E-state index contributed by atoms with van der Waals surface area (Å²) in [5.41, 5.74) is 0.892. The molecule has 0 aliphatic heterocycles. The van der Waals surface area contributed by atoms with Crippen LogP contribution in [0.1, 0.15) is 30.4 Å². The van der Waals surface area contributed by atoms with E-state index >= 15 is 0 Å². The Morgan fingerprint density at radius 2 is 1.67 bits per heavy atom. The second-order valence-electron chi connectivity index (χ2n) is 5.71. The van der Waals surface area contributed by atoms with Crippen molar-refractivity contribution in [2.75, 3.05) is 0 Å². The van der Waals surface area contributed by atoms with E-state index in [2.05, 4.69) is 0 Å². The van der Waals surface area contributed by atoms with Gasteiger partial charge in [0.05, 0.1) is 0 Å². The third kappa shape index (κ3) is 1.87. The zero-order chi connectivity index (χ0) is 12.5. The summed E-state index contributed by atoms with van der Waals surface area (Å²) < 4.78 is 51.6. The summed E-state index contributed by atoms with van der Waals surface area (Å²) in [4.78, 5) is 0. The van der Waals surface area contributed by atoms with Gasteiger partial charge >= 0.3 is 58.4 Å². The first-order valence-electron chi connectivity index (χ1n) is 5.74. The van der Waals surface area contributed by atoms with Gasteiger partial charge in [0.2, 0.25) is 0 Å². The zero-order valence-electron chi connectivity index (χ0n) is 10.4. The average Bonchev–Trinajstić information content (AvgIpc) is 2.03. The van der Waals surface area contributed by atoms with Crippen LogP contribution in [0.25, 0.3) is 0 Å². The van der Waals surface area contributed by atoms with Crippen LogP contribution >= 0.6 is 0 Å². The molecule has 0 nitrogen and oxygen atoms in total. The maximum atomic E-state index is 13.4. The molecule has 3 aliphatic rings. The molecule has 3 fully saturated rings. The molecule has 92 valence electrons. The van der Waals surface area contributed by atoms with E-state index in [1.165, 1.54) is 6.07 Å². The molecule has 0 unspecified atom stereocenters. The third-order valence-corrected chi connectivity index (χ3v) is 4.55. The summed E-state index contributed by atoms with van der Waals surface area (Å²) in [6, 6.07) is 4.82. The van der Waals surface area contributed by atoms with Crippen LogP contribution < -0.4 is 51.4 Å². The predicted molar refractivity (Wildman–Crippen MR) is 58.4 cm³/mol. The minimum Gasteiger partial charge on any atom is -0.449 e. The van der Waals surface area contributed by atoms with E-state index in [1.54, 1.807) is 19.1 Å². The Hall–Kier alpha value is 0.641. The smallest absolute Gasteiger partial charge is 0.449 e. The molecule has 0 radical (unpaired) electrons. The average molecular weight is 282 g/mol. The van der Waals surface area contributed by atoms with Gasteiger partial charge in [-0.05, 0) is 29.5 Å². The molecule has 4 rings (SSSR count). The Labute approximate surface area is 146 Å². The Morgan fingerprint density at radius 1 is 1.11 bits per heavy atom. The van der Waals surface area contributed by atoms with E-state index in [0.29, 0.717) is 5.56 Å². The van der Waals surface area contributed by atoms with Crippen molar-refractivity contribution in [2.24, 2.45) is 0 Å². The van der Waals surface area contributed by atoms with Crippen LogP contribution in [0, 0.1) is 12.7 Å². The summed E-state index contributed by atoms with van der Waals surface area (Å²) in [5.74, 6) is -0.321. The molecule has 0 aromatic heterocycles. The molecule has 0 N–H and O–H groups in total. The zero-order valence-corrected chi connectivity index (χ0v) is 13.6. The van der Waals surface area contributed by atoms with Crippen LogP contribution in [0.3, 0.4) is 0 Å². The largest absolute Gasteiger partial charge is 1.00 e. The molecule has 0 atom stereocenters. The predicted octanol–water partition coefficient (Wildman–Crippen LogP) is 1.16. The van der Waals surface area contributed by atoms with Gasteiger partial charge in [0.25, 0.3) is 0 Å². The van der Waals surface area contributed by atoms with Gasteiger partial charge in [-0.15, -0.1) is 0 Å². The van der Waals surface area contributed by atoms with Crippen molar-refractivity contribution in [1.82, 2.24) is 0 Å². The standard InChI is InChI=1S/C12H12BF4.K/c1-8-2-3-9(4-10(8)14)11-5-12(6-11,7-11)13(15,16)17;/h2-4H,5-7H2,1H3;/q-1;+1. The number of aryl methyl sites for hydroxylation is 1. The maximum Gasteiger partial charge on any atom is 1.00 e. The molecule has 0 amide bonds. The molecular weight excluding hydrogens is 270 g/mol. The van der Waals surface area contributed by atoms with Gasteiger partial charge in [0.1, 0.15) is 5.82 Å². The molecule has 0 spiro atoms. The summed E-state index contributed by atoms with van der Waals surface area (Å²) >= 11 is 0. The molecule has 0 saturated heterocycles. The van der Waals surface area contributed by atoms with Crippen LogP contribution in [0.15, 0.2) is 18.2 Å². The van der Waals surface area contributed by atoms with Crippen molar-refractivity contribution >= 4 is 6.98 Å². The summed E-state index contributed by atoms with van der Waals surface area (Å²) in [5, 5.41) is -1.40. The number of hydrogen-bond donors (Lipinski definition) is 0. The normalized spacial score (nSPS) is 33.2. The summed E-state index contributed by atoms with van der Waals surface area (Å²) in [6.07, 6.45) is 0.476. The SMILES string of the molecule is Cc1ccc(C23CC([B-](F)(F)F)(C2)C3)cc1F.[K+]. The fourth-order valence-corrected chi connectivity index (χ4v) is 3.44. The van der Waals surface area contributed by atoms with E-state index in [1.807, 2.05) is 0 Å². The Morgan fingerprint density at radius 3 is 2.11 bits per heavy atom. The molecular formula is C12H12BF4K. The third-order valence-electron chi connectivity index (χ3n) is 4.55. The monoisotopic (exact) mass is 282 g/mol. The quantitative estimate of drug-likeness (QED) is 0.564. The first-order chi connectivity index (χ1) is 7.78. The Kier molecular flexibility index (Phi) is 3.61. The Balaban J connectivity index is 0.00000120. The molecule has 0 heterocycles. The van der Waals surface area contributed by atoms with Gasteiger partial charge in [0, 0.05) is 0 Å². The first-order valence-corrected chi connectivity index (χ1v) is 5.74. The van der Waals surface area contributed by atoms with Gasteiger partial charge in [-0.2, -0.15) is 0 Å². The van der Waals surface area contributed by atoms with Crippen LogP contribution in [-0.2, 0) is 5.41 Å². The van der Waals surface area contributed by atoms with Crippen molar-refractivity contribution in [3.63, 3.8) is 0 Å². The fourth-order valence-electron chi connectivity index (χ4n) is 3.44. The van der Waals surface area contributed by atoms with Crippen molar-refractivity contribution in [1.29, 1.82) is 0 Å². The summed E-state index contributed by atoms with van der Waals surface area (Å²) in [7, 11) is 0. The van der Waals surface area contributed by atoms with E-state index in [4.69, 9.17) is 0 Å². The summed E-state index contributed by atoms with van der Waals surface area (Å²) in [6.45, 7) is -3.09. The Bertz CT molecular complexity index is 478. The van der Waals surface area contributed by atoms with Crippen molar-refractivity contribution in [2.45, 2.75) is 36.9 Å². The first kappa shape index (κ1) is 15.0. The van der Waals surface area contributed by atoms with Gasteiger partial charge in [-0.1, -0.05) is 36.7 Å². The number of rotatable bonds is 2. The molecule has 1 aromatic carbocycles.